The van der Waals surface area contributed by atoms with E-state index in [0.29, 0.717) is 44.6 Å². The summed E-state index contributed by atoms with van der Waals surface area (Å²) in [5.41, 5.74) is -3.43. The van der Waals surface area contributed by atoms with E-state index >= 15 is 0 Å². The third kappa shape index (κ3) is 5.99. The molecule has 0 radical (unpaired) electrons. The molecule has 2 aromatic rings. The standard InChI is InChI=1S/C23H22F6N2O2S/c24-22(25,26)17-6-8-18(9-7-17)33-20-5-1-3-15-13-30(12-10-19(15)20)21(32)16-4-2-11-31(14-16)34-23(27,28)29/h1,3,5-9,16H,2,4,10-14H2. The molecule has 1 saturated heterocycles. The highest BCUT2D eigenvalue weighted by Gasteiger charge is 2.37. The van der Waals surface area contributed by atoms with Crippen LogP contribution in [0.4, 0.5) is 26.3 Å². The lowest BCUT2D eigenvalue weighted by Crippen LogP contribution is -2.45. The van der Waals surface area contributed by atoms with Crippen molar-refractivity contribution in [2.45, 2.75) is 37.5 Å². The first kappa shape index (κ1) is 24.7. The van der Waals surface area contributed by atoms with E-state index in [1.165, 1.54) is 16.4 Å². The number of benzene rings is 2. The Hall–Kier alpha value is -2.40. The third-order valence-corrected chi connectivity index (χ3v) is 6.71. The largest absolute Gasteiger partial charge is 0.457 e. The molecule has 0 N–H and O–H groups in total. The SMILES string of the molecule is O=C(C1CCCN(SC(F)(F)F)C1)N1CCc2c(cccc2Oc2ccc(C(F)(F)F)cc2)C1. The van der Waals surface area contributed by atoms with E-state index in [0.717, 1.165) is 23.3 Å². The third-order valence-electron chi connectivity index (χ3n) is 5.91. The van der Waals surface area contributed by atoms with E-state index in [9.17, 15) is 31.1 Å². The van der Waals surface area contributed by atoms with Crippen LogP contribution >= 0.6 is 11.9 Å². The van der Waals surface area contributed by atoms with Crippen molar-refractivity contribution in [2.75, 3.05) is 19.6 Å². The van der Waals surface area contributed by atoms with E-state index < -0.39 is 23.2 Å². The van der Waals surface area contributed by atoms with Gasteiger partial charge in [-0.25, -0.2) is 4.31 Å². The first-order chi connectivity index (χ1) is 16.0. The maximum atomic E-state index is 13.0. The minimum atomic E-state index is -4.43. The van der Waals surface area contributed by atoms with Crippen molar-refractivity contribution < 1.29 is 35.9 Å². The van der Waals surface area contributed by atoms with Crippen LogP contribution in [0.25, 0.3) is 0 Å². The van der Waals surface area contributed by atoms with Crippen molar-refractivity contribution in [1.29, 1.82) is 0 Å². The molecular weight excluding hydrogens is 482 g/mol. The van der Waals surface area contributed by atoms with Crippen LogP contribution in [-0.4, -0.2) is 40.3 Å². The molecule has 2 aliphatic rings. The molecule has 1 atom stereocenters. The smallest absolute Gasteiger partial charge is 0.456 e. The highest BCUT2D eigenvalue weighted by atomic mass is 32.2. The zero-order valence-corrected chi connectivity index (χ0v) is 18.8. The fourth-order valence-electron chi connectivity index (χ4n) is 4.33. The number of piperidine rings is 1. The second-order valence-electron chi connectivity index (χ2n) is 8.29. The second kappa shape index (κ2) is 9.69. The number of alkyl halides is 6. The molecule has 0 bridgehead atoms. The van der Waals surface area contributed by atoms with E-state index in [4.69, 9.17) is 4.74 Å². The molecule has 1 unspecified atom stereocenters. The van der Waals surface area contributed by atoms with Crippen LogP contribution in [0.3, 0.4) is 0 Å². The molecule has 2 aliphatic heterocycles. The molecule has 0 aliphatic carbocycles. The highest BCUT2D eigenvalue weighted by Crippen LogP contribution is 2.37. The van der Waals surface area contributed by atoms with Gasteiger partial charge in [-0.1, -0.05) is 12.1 Å². The molecule has 4 nitrogen and oxygen atoms in total. The minimum Gasteiger partial charge on any atom is -0.457 e. The summed E-state index contributed by atoms with van der Waals surface area (Å²) in [6.45, 7) is 1.05. The lowest BCUT2D eigenvalue weighted by molar-refractivity contribution is -0.138. The van der Waals surface area contributed by atoms with Crippen molar-refractivity contribution in [1.82, 2.24) is 9.21 Å². The van der Waals surface area contributed by atoms with E-state index in [1.807, 2.05) is 6.07 Å². The van der Waals surface area contributed by atoms with Gasteiger partial charge in [0, 0.05) is 43.7 Å². The zero-order chi connectivity index (χ0) is 24.5. The van der Waals surface area contributed by atoms with Gasteiger partial charge in [0.2, 0.25) is 5.91 Å². The van der Waals surface area contributed by atoms with Gasteiger partial charge in [-0.2, -0.15) is 26.3 Å². The lowest BCUT2D eigenvalue weighted by atomic mass is 9.94. The van der Waals surface area contributed by atoms with Gasteiger partial charge in [-0.15, -0.1) is 0 Å². The number of nitrogens with zero attached hydrogens (tertiary/aromatic N) is 2. The molecule has 0 spiro atoms. The number of ether oxygens (including phenoxy) is 1. The van der Waals surface area contributed by atoms with Gasteiger partial charge in [0.15, 0.2) is 0 Å². The minimum absolute atomic E-state index is 0.0590. The summed E-state index contributed by atoms with van der Waals surface area (Å²) in [4.78, 5) is 14.7. The Balaban J connectivity index is 1.42. The fourth-order valence-corrected chi connectivity index (χ4v) is 5.10. The lowest BCUT2D eigenvalue weighted by Gasteiger charge is -2.36. The summed E-state index contributed by atoms with van der Waals surface area (Å²) in [7, 11) is 0. The predicted molar refractivity (Wildman–Crippen MR) is 115 cm³/mol. The molecule has 2 heterocycles. The Morgan fingerprint density at radius 1 is 1.00 bits per heavy atom. The number of carbonyl (C=O) groups excluding carboxylic acids is 1. The Bertz CT molecular complexity index is 1030. The molecule has 0 saturated carbocycles. The Morgan fingerprint density at radius 3 is 2.41 bits per heavy atom. The molecular formula is C23H22F6N2O2S. The van der Waals surface area contributed by atoms with Crippen LogP contribution in [-0.2, 0) is 23.9 Å². The average Bonchev–Trinajstić information content (AvgIpc) is 2.77. The molecule has 184 valence electrons. The van der Waals surface area contributed by atoms with Gasteiger partial charge in [0.1, 0.15) is 11.5 Å². The van der Waals surface area contributed by atoms with Crippen molar-refractivity contribution in [3.8, 4) is 11.5 Å². The summed E-state index contributed by atoms with van der Waals surface area (Å²) >= 11 is -0.177. The first-order valence-corrected chi connectivity index (χ1v) is 11.5. The van der Waals surface area contributed by atoms with Crippen molar-refractivity contribution in [3.63, 3.8) is 0 Å². The predicted octanol–water partition coefficient (Wildman–Crippen LogP) is 6.26. The summed E-state index contributed by atoms with van der Waals surface area (Å²) in [5, 5.41) is 0. The number of carbonyl (C=O) groups is 1. The maximum Gasteiger partial charge on any atom is 0.456 e. The summed E-state index contributed by atoms with van der Waals surface area (Å²) in [5.74, 6) is 0.128. The summed E-state index contributed by atoms with van der Waals surface area (Å²) in [6.07, 6.45) is -2.88. The molecule has 34 heavy (non-hydrogen) atoms. The topological polar surface area (TPSA) is 32.8 Å². The number of hydrogen-bond acceptors (Lipinski definition) is 4. The van der Waals surface area contributed by atoms with Gasteiger partial charge in [-0.05, 0) is 55.2 Å². The number of fused-ring (bicyclic) bond motifs is 1. The maximum absolute atomic E-state index is 13.0. The quantitative estimate of drug-likeness (QED) is 0.363. The normalized spacial score (nSPS) is 19.6. The van der Waals surface area contributed by atoms with Crippen LogP contribution in [0.1, 0.15) is 29.5 Å². The van der Waals surface area contributed by atoms with E-state index in [-0.39, 0.29) is 30.1 Å². The van der Waals surface area contributed by atoms with Crippen LogP contribution < -0.4 is 4.74 Å². The fraction of sp³-hybridized carbons (Fsp3) is 0.435. The van der Waals surface area contributed by atoms with Gasteiger partial charge in [0.25, 0.3) is 0 Å². The second-order valence-corrected chi connectivity index (χ2v) is 9.45. The van der Waals surface area contributed by atoms with Crippen LogP contribution in [0.15, 0.2) is 42.5 Å². The number of rotatable bonds is 4. The van der Waals surface area contributed by atoms with Crippen molar-refractivity contribution in [2.24, 2.45) is 5.92 Å². The Kier molecular flexibility index (Phi) is 7.04. The van der Waals surface area contributed by atoms with Gasteiger partial charge in [0.05, 0.1) is 11.5 Å². The van der Waals surface area contributed by atoms with Gasteiger partial charge < -0.3 is 9.64 Å². The van der Waals surface area contributed by atoms with Gasteiger partial charge >= 0.3 is 11.7 Å². The number of amides is 1. The van der Waals surface area contributed by atoms with E-state index in [1.54, 1.807) is 17.0 Å². The van der Waals surface area contributed by atoms with Crippen molar-refractivity contribution >= 4 is 17.9 Å². The average molecular weight is 504 g/mol. The molecule has 11 heteroatoms. The Labute approximate surface area is 197 Å². The van der Waals surface area contributed by atoms with Crippen LogP contribution in [0.2, 0.25) is 0 Å². The molecule has 0 aromatic heterocycles. The number of halogens is 6. The van der Waals surface area contributed by atoms with Crippen LogP contribution in [0, 0.1) is 5.92 Å². The van der Waals surface area contributed by atoms with Gasteiger partial charge in [-0.3, -0.25) is 4.79 Å². The molecule has 1 amide bonds. The van der Waals surface area contributed by atoms with E-state index in [2.05, 4.69) is 0 Å². The van der Waals surface area contributed by atoms with Crippen molar-refractivity contribution in [3.05, 3.63) is 59.2 Å². The molecule has 1 fully saturated rings. The number of hydrogen-bond donors (Lipinski definition) is 0. The summed E-state index contributed by atoms with van der Waals surface area (Å²) in [6, 6.07) is 9.74. The summed E-state index contributed by atoms with van der Waals surface area (Å²) < 4.78 is 83.5. The zero-order valence-electron chi connectivity index (χ0n) is 18.0. The molecule has 4 rings (SSSR count). The van der Waals surface area contributed by atoms with Crippen LogP contribution in [0.5, 0.6) is 11.5 Å². The first-order valence-electron chi connectivity index (χ1n) is 10.7. The monoisotopic (exact) mass is 504 g/mol. The molecule has 2 aromatic carbocycles. The Morgan fingerprint density at radius 2 is 1.74 bits per heavy atom. The highest BCUT2D eigenvalue weighted by molar-refractivity contribution is 7.97.